The lowest BCUT2D eigenvalue weighted by Crippen LogP contribution is -2.08. The lowest BCUT2D eigenvalue weighted by Gasteiger charge is -2.15. The SMILES string of the molecule is FC(F)(F)c1ccc(C2C=CC=CO2)nc1. The van der Waals surface area contributed by atoms with Crippen molar-refractivity contribution >= 4 is 0 Å². The third-order valence-corrected chi connectivity index (χ3v) is 2.11. The first-order chi connectivity index (χ1) is 7.57. The Morgan fingerprint density at radius 3 is 2.50 bits per heavy atom. The molecule has 1 unspecified atom stereocenters. The fraction of sp³-hybridized carbons (Fsp3) is 0.182. The van der Waals surface area contributed by atoms with E-state index in [1.807, 2.05) is 0 Å². The molecule has 1 aromatic rings. The van der Waals surface area contributed by atoms with Gasteiger partial charge >= 0.3 is 6.18 Å². The van der Waals surface area contributed by atoms with Gasteiger partial charge in [-0.25, -0.2) is 0 Å². The normalized spacial score (nSPS) is 19.6. The van der Waals surface area contributed by atoms with Gasteiger partial charge in [0.05, 0.1) is 17.5 Å². The lowest BCUT2D eigenvalue weighted by atomic mass is 10.1. The molecule has 1 aromatic heterocycles. The van der Waals surface area contributed by atoms with E-state index in [1.165, 1.54) is 12.3 Å². The van der Waals surface area contributed by atoms with E-state index in [0.717, 1.165) is 12.3 Å². The number of alkyl halides is 3. The van der Waals surface area contributed by atoms with Gasteiger partial charge in [0.25, 0.3) is 0 Å². The van der Waals surface area contributed by atoms with E-state index in [2.05, 4.69) is 4.98 Å². The molecule has 5 heteroatoms. The first-order valence-electron chi connectivity index (χ1n) is 4.59. The van der Waals surface area contributed by atoms with Gasteiger partial charge in [0.1, 0.15) is 0 Å². The number of nitrogens with zero attached hydrogens (tertiary/aromatic N) is 1. The minimum atomic E-state index is -4.35. The highest BCUT2D eigenvalue weighted by Crippen LogP contribution is 2.29. The number of rotatable bonds is 1. The van der Waals surface area contributed by atoms with Crippen molar-refractivity contribution in [3.8, 4) is 0 Å². The Morgan fingerprint density at radius 1 is 1.19 bits per heavy atom. The van der Waals surface area contributed by atoms with E-state index in [1.54, 1.807) is 18.2 Å². The molecule has 0 aromatic carbocycles. The number of hydrogen-bond acceptors (Lipinski definition) is 2. The minimum Gasteiger partial charge on any atom is -0.488 e. The van der Waals surface area contributed by atoms with Crippen LogP contribution in [0, 0.1) is 0 Å². The number of allylic oxidation sites excluding steroid dienone is 2. The summed E-state index contributed by atoms with van der Waals surface area (Å²) in [6, 6.07) is 2.31. The van der Waals surface area contributed by atoms with E-state index in [4.69, 9.17) is 4.74 Å². The molecule has 2 nitrogen and oxygen atoms in total. The second-order valence-electron chi connectivity index (χ2n) is 3.24. The van der Waals surface area contributed by atoms with Gasteiger partial charge in [0.2, 0.25) is 0 Å². The molecule has 1 aliphatic rings. The highest BCUT2D eigenvalue weighted by atomic mass is 19.4. The molecule has 0 saturated heterocycles. The smallest absolute Gasteiger partial charge is 0.417 e. The Balaban J connectivity index is 2.19. The summed E-state index contributed by atoms with van der Waals surface area (Å²) in [5.41, 5.74) is -0.305. The molecule has 0 spiro atoms. The molecular weight excluding hydrogens is 219 g/mol. The summed E-state index contributed by atoms with van der Waals surface area (Å²) in [7, 11) is 0. The van der Waals surface area contributed by atoms with Crippen LogP contribution in [0.25, 0.3) is 0 Å². The summed E-state index contributed by atoms with van der Waals surface area (Å²) in [4.78, 5) is 3.74. The molecular formula is C11H8F3NO. The molecule has 0 fully saturated rings. The second kappa shape index (κ2) is 4.00. The van der Waals surface area contributed by atoms with Crippen LogP contribution in [0.1, 0.15) is 17.4 Å². The van der Waals surface area contributed by atoms with E-state index >= 15 is 0 Å². The Hall–Kier alpha value is -1.78. The molecule has 0 aliphatic carbocycles. The third kappa shape index (κ3) is 2.24. The maximum atomic E-state index is 12.3. The fourth-order valence-electron chi connectivity index (χ4n) is 1.30. The van der Waals surface area contributed by atoms with Gasteiger partial charge in [0, 0.05) is 6.20 Å². The van der Waals surface area contributed by atoms with Crippen LogP contribution in [0.3, 0.4) is 0 Å². The highest BCUT2D eigenvalue weighted by Gasteiger charge is 2.30. The van der Waals surface area contributed by atoms with Crippen LogP contribution in [0.5, 0.6) is 0 Å². The molecule has 1 atom stereocenters. The van der Waals surface area contributed by atoms with Gasteiger partial charge in [-0.15, -0.1) is 0 Å². The van der Waals surface area contributed by atoms with Crippen molar-refractivity contribution in [1.29, 1.82) is 0 Å². The number of aromatic nitrogens is 1. The predicted molar refractivity (Wildman–Crippen MR) is 51.3 cm³/mol. The van der Waals surface area contributed by atoms with Crippen molar-refractivity contribution in [2.45, 2.75) is 12.3 Å². The molecule has 0 N–H and O–H groups in total. The third-order valence-electron chi connectivity index (χ3n) is 2.11. The quantitative estimate of drug-likeness (QED) is 0.734. The van der Waals surface area contributed by atoms with Crippen LogP contribution in [-0.2, 0) is 10.9 Å². The van der Waals surface area contributed by atoms with Gasteiger partial charge in [-0.3, -0.25) is 4.98 Å². The number of pyridine rings is 1. The Kier molecular flexibility index (Phi) is 2.68. The number of hydrogen-bond donors (Lipinski definition) is 0. The number of ether oxygens (including phenoxy) is 1. The summed E-state index contributed by atoms with van der Waals surface area (Å²) >= 11 is 0. The fourth-order valence-corrected chi connectivity index (χ4v) is 1.30. The van der Waals surface area contributed by atoms with E-state index in [-0.39, 0.29) is 0 Å². The Bertz CT molecular complexity index is 420. The Morgan fingerprint density at radius 2 is 2.00 bits per heavy atom. The van der Waals surface area contributed by atoms with Crippen LogP contribution in [0.4, 0.5) is 13.2 Å². The zero-order valence-electron chi connectivity index (χ0n) is 8.11. The zero-order chi connectivity index (χ0) is 11.6. The molecule has 0 saturated carbocycles. The molecule has 1 aliphatic heterocycles. The molecule has 2 heterocycles. The van der Waals surface area contributed by atoms with Gasteiger partial charge in [0.15, 0.2) is 6.10 Å². The molecule has 0 bridgehead atoms. The average molecular weight is 227 g/mol. The van der Waals surface area contributed by atoms with Gasteiger partial charge in [-0.2, -0.15) is 13.2 Å². The van der Waals surface area contributed by atoms with E-state index in [9.17, 15) is 13.2 Å². The lowest BCUT2D eigenvalue weighted by molar-refractivity contribution is -0.137. The van der Waals surface area contributed by atoms with Crippen molar-refractivity contribution in [2.75, 3.05) is 0 Å². The van der Waals surface area contributed by atoms with Crippen molar-refractivity contribution in [3.05, 3.63) is 54.1 Å². The molecule has 2 rings (SSSR count). The predicted octanol–water partition coefficient (Wildman–Crippen LogP) is 3.24. The molecule has 16 heavy (non-hydrogen) atoms. The topological polar surface area (TPSA) is 22.1 Å². The second-order valence-corrected chi connectivity index (χ2v) is 3.24. The summed E-state index contributed by atoms with van der Waals surface area (Å²) in [5, 5.41) is 0. The average Bonchev–Trinajstić information content (AvgIpc) is 2.29. The van der Waals surface area contributed by atoms with Gasteiger partial charge in [-0.1, -0.05) is 6.08 Å². The molecule has 84 valence electrons. The van der Waals surface area contributed by atoms with Crippen molar-refractivity contribution in [3.63, 3.8) is 0 Å². The summed E-state index contributed by atoms with van der Waals surface area (Å²) in [6.07, 6.45) is 2.69. The monoisotopic (exact) mass is 227 g/mol. The van der Waals surface area contributed by atoms with Crippen LogP contribution in [0.15, 0.2) is 42.8 Å². The maximum absolute atomic E-state index is 12.3. The van der Waals surface area contributed by atoms with Gasteiger partial charge < -0.3 is 4.74 Å². The maximum Gasteiger partial charge on any atom is 0.417 e. The summed E-state index contributed by atoms with van der Waals surface area (Å²) in [6.45, 7) is 0. The zero-order valence-corrected chi connectivity index (χ0v) is 8.11. The van der Waals surface area contributed by atoms with Crippen LogP contribution in [0.2, 0.25) is 0 Å². The van der Waals surface area contributed by atoms with Crippen molar-refractivity contribution in [2.24, 2.45) is 0 Å². The first-order valence-corrected chi connectivity index (χ1v) is 4.59. The van der Waals surface area contributed by atoms with Gasteiger partial charge in [-0.05, 0) is 24.3 Å². The van der Waals surface area contributed by atoms with Crippen LogP contribution in [-0.4, -0.2) is 4.98 Å². The van der Waals surface area contributed by atoms with E-state index < -0.39 is 17.8 Å². The summed E-state index contributed by atoms with van der Waals surface area (Å²) < 4.78 is 42.0. The van der Waals surface area contributed by atoms with E-state index in [0.29, 0.717) is 5.69 Å². The molecule has 0 radical (unpaired) electrons. The van der Waals surface area contributed by atoms with Crippen LogP contribution < -0.4 is 0 Å². The van der Waals surface area contributed by atoms with Crippen molar-refractivity contribution < 1.29 is 17.9 Å². The van der Waals surface area contributed by atoms with Crippen molar-refractivity contribution in [1.82, 2.24) is 4.98 Å². The minimum absolute atomic E-state index is 0.410. The first kappa shape index (κ1) is 10.7. The standard InChI is InChI=1S/C11H8F3NO/c12-11(13,14)8-4-5-9(15-7-8)10-3-1-2-6-16-10/h1-7,10H. The highest BCUT2D eigenvalue weighted by molar-refractivity contribution is 5.22. The molecule has 0 amide bonds. The Labute approximate surface area is 90.1 Å². The largest absolute Gasteiger partial charge is 0.488 e. The summed E-state index contributed by atoms with van der Waals surface area (Å²) in [5.74, 6) is 0. The van der Waals surface area contributed by atoms with Crippen LogP contribution >= 0.6 is 0 Å². The number of halogens is 3.